The van der Waals surface area contributed by atoms with Crippen LogP contribution in [0.15, 0.2) is 30.5 Å². The van der Waals surface area contributed by atoms with E-state index < -0.39 is 0 Å². The van der Waals surface area contributed by atoms with Gasteiger partial charge in [-0.15, -0.1) is 0 Å². The van der Waals surface area contributed by atoms with Crippen molar-refractivity contribution >= 4 is 12.2 Å². The molecule has 5 heteroatoms. The number of hydrogen-bond acceptors (Lipinski definition) is 2. The average Bonchev–Trinajstić information content (AvgIpc) is 2.59. The van der Waals surface area contributed by atoms with Crippen LogP contribution in [-0.4, -0.2) is 14.7 Å². The van der Waals surface area contributed by atoms with Gasteiger partial charge in [0.1, 0.15) is 5.82 Å². The summed E-state index contributed by atoms with van der Waals surface area (Å²) in [4.78, 5) is 2.75. The van der Waals surface area contributed by atoms with Gasteiger partial charge in [-0.3, -0.25) is 4.57 Å². The van der Waals surface area contributed by atoms with Crippen molar-refractivity contribution in [1.82, 2.24) is 9.55 Å². The van der Waals surface area contributed by atoms with Crippen LogP contribution in [0.2, 0.25) is 0 Å². The molecule has 16 heavy (non-hydrogen) atoms. The number of imidazole rings is 1. The molecule has 0 saturated carbocycles. The highest BCUT2D eigenvalue weighted by molar-refractivity contribution is 7.71. The van der Waals surface area contributed by atoms with E-state index in [0.29, 0.717) is 4.77 Å². The van der Waals surface area contributed by atoms with Crippen LogP contribution in [-0.2, 0) is 0 Å². The summed E-state index contributed by atoms with van der Waals surface area (Å²) in [5.41, 5.74) is 0.882. The molecule has 0 saturated heterocycles. The predicted octanol–water partition coefficient (Wildman–Crippen LogP) is 3.00. The number of benzene rings is 1. The molecule has 0 aliphatic rings. The molecule has 0 aliphatic carbocycles. The van der Waals surface area contributed by atoms with Crippen molar-refractivity contribution in [2.24, 2.45) is 0 Å². The quantitative estimate of drug-likeness (QED) is 0.790. The zero-order chi connectivity index (χ0) is 11.7. The summed E-state index contributed by atoms with van der Waals surface area (Å²) >= 11 is 5.05. The number of halogens is 1. The van der Waals surface area contributed by atoms with Gasteiger partial charge in [-0.25, -0.2) is 4.39 Å². The Kier molecular flexibility index (Phi) is 2.78. The molecule has 0 spiro atoms. The molecule has 84 valence electrons. The Morgan fingerprint density at radius 1 is 1.38 bits per heavy atom. The van der Waals surface area contributed by atoms with E-state index in [4.69, 9.17) is 12.2 Å². The lowest BCUT2D eigenvalue weighted by Gasteiger charge is -2.14. The molecule has 1 heterocycles. The third-order valence-electron chi connectivity index (χ3n) is 2.53. The standard InChI is InChI=1S/C11H11FN2OS/c1-7(8-2-4-9(12)5-3-8)14-10(15)6-13-11(14)16/h2-7,15H,1H3,(H,13,16). The van der Waals surface area contributed by atoms with Gasteiger partial charge in [0.25, 0.3) is 0 Å². The largest absolute Gasteiger partial charge is 0.493 e. The minimum Gasteiger partial charge on any atom is -0.493 e. The number of rotatable bonds is 2. The fraction of sp³-hybridized carbons (Fsp3) is 0.182. The monoisotopic (exact) mass is 238 g/mol. The van der Waals surface area contributed by atoms with Crippen molar-refractivity contribution in [2.45, 2.75) is 13.0 Å². The minimum absolute atomic E-state index is 0.0711. The van der Waals surface area contributed by atoms with Crippen LogP contribution in [0.5, 0.6) is 5.88 Å². The zero-order valence-corrected chi connectivity index (χ0v) is 9.46. The third kappa shape index (κ3) is 1.86. The Balaban J connectivity index is 2.43. The molecular formula is C11H11FN2OS. The number of hydrogen-bond donors (Lipinski definition) is 2. The van der Waals surface area contributed by atoms with Gasteiger partial charge in [0.15, 0.2) is 4.77 Å². The van der Waals surface area contributed by atoms with Crippen molar-refractivity contribution in [2.75, 3.05) is 0 Å². The maximum Gasteiger partial charge on any atom is 0.210 e. The summed E-state index contributed by atoms with van der Waals surface area (Å²) in [5, 5.41) is 9.61. The summed E-state index contributed by atoms with van der Waals surface area (Å²) in [6, 6.07) is 5.99. The van der Waals surface area contributed by atoms with Gasteiger partial charge in [-0.2, -0.15) is 0 Å². The van der Waals surface area contributed by atoms with Gasteiger partial charge in [0.05, 0.1) is 12.2 Å². The normalized spacial score (nSPS) is 12.6. The summed E-state index contributed by atoms with van der Waals surface area (Å²) in [7, 11) is 0. The maximum absolute atomic E-state index is 12.8. The second-order valence-corrected chi connectivity index (χ2v) is 3.94. The van der Waals surface area contributed by atoms with E-state index in [1.165, 1.54) is 18.3 Å². The summed E-state index contributed by atoms with van der Waals surface area (Å²) in [6.07, 6.45) is 1.43. The van der Waals surface area contributed by atoms with Crippen LogP contribution in [0.4, 0.5) is 4.39 Å². The highest BCUT2D eigenvalue weighted by Crippen LogP contribution is 2.23. The van der Waals surface area contributed by atoms with E-state index in [-0.39, 0.29) is 17.7 Å². The fourth-order valence-corrected chi connectivity index (χ4v) is 1.94. The van der Waals surface area contributed by atoms with Gasteiger partial charge < -0.3 is 10.1 Å². The number of aromatic nitrogens is 2. The maximum atomic E-state index is 12.8. The van der Waals surface area contributed by atoms with Gasteiger partial charge in [0.2, 0.25) is 5.88 Å². The van der Waals surface area contributed by atoms with E-state index in [0.717, 1.165) is 5.56 Å². The van der Waals surface area contributed by atoms with Crippen molar-refractivity contribution < 1.29 is 9.50 Å². The van der Waals surface area contributed by atoms with E-state index in [1.807, 2.05) is 6.92 Å². The molecule has 3 nitrogen and oxygen atoms in total. The Hall–Kier alpha value is -1.62. The first kappa shape index (κ1) is 10.9. The van der Waals surface area contributed by atoms with Crippen LogP contribution >= 0.6 is 12.2 Å². The van der Waals surface area contributed by atoms with Crippen LogP contribution in [0.1, 0.15) is 18.5 Å². The molecule has 0 radical (unpaired) electrons. The van der Waals surface area contributed by atoms with Crippen LogP contribution < -0.4 is 0 Å². The van der Waals surface area contributed by atoms with Crippen molar-refractivity contribution in [3.05, 3.63) is 46.6 Å². The Bertz CT molecular complexity index is 544. The molecule has 0 aliphatic heterocycles. The molecule has 2 N–H and O–H groups in total. The fourth-order valence-electron chi connectivity index (χ4n) is 1.63. The minimum atomic E-state index is -0.280. The number of nitrogens with one attached hydrogen (secondary N) is 1. The lowest BCUT2D eigenvalue weighted by atomic mass is 10.1. The SMILES string of the molecule is CC(c1ccc(F)cc1)n1c(O)c[nH]c1=S. The number of aromatic amines is 1. The van der Waals surface area contributed by atoms with Gasteiger partial charge in [-0.1, -0.05) is 12.1 Å². The number of nitrogens with zero attached hydrogens (tertiary/aromatic N) is 1. The first-order valence-electron chi connectivity index (χ1n) is 4.84. The molecule has 0 amide bonds. The smallest absolute Gasteiger partial charge is 0.210 e. The molecule has 1 unspecified atom stereocenters. The van der Waals surface area contributed by atoms with E-state index >= 15 is 0 Å². The molecule has 2 rings (SSSR count). The second kappa shape index (κ2) is 4.09. The topological polar surface area (TPSA) is 41.0 Å². The van der Waals surface area contributed by atoms with Crippen LogP contribution in [0, 0.1) is 10.6 Å². The molecule has 1 atom stereocenters. The van der Waals surface area contributed by atoms with Crippen molar-refractivity contribution in [3.8, 4) is 5.88 Å². The highest BCUT2D eigenvalue weighted by atomic mass is 32.1. The number of H-pyrrole nitrogens is 1. The lowest BCUT2D eigenvalue weighted by Crippen LogP contribution is -2.06. The molecular weight excluding hydrogens is 227 g/mol. The first-order valence-corrected chi connectivity index (χ1v) is 5.25. The Morgan fingerprint density at radius 3 is 2.50 bits per heavy atom. The van der Waals surface area contributed by atoms with Gasteiger partial charge in [-0.05, 0) is 36.8 Å². The van der Waals surface area contributed by atoms with E-state index in [2.05, 4.69) is 4.98 Å². The van der Waals surface area contributed by atoms with E-state index in [9.17, 15) is 9.50 Å². The first-order chi connectivity index (χ1) is 7.59. The molecule has 1 aromatic carbocycles. The second-order valence-electron chi connectivity index (χ2n) is 3.55. The highest BCUT2D eigenvalue weighted by Gasteiger charge is 2.12. The molecule has 0 bridgehead atoms. The zero-order valence-electron chi connectivity index (χ0n) is 8.64. The predicted molar refractivity (Wildman–Crippen MR) is 61.5 cm³/mol. The Labute approximate surface area is 97.2 Å². The average molecular weight is 238 g/mol. The van der Waals surface area contributed by atoms with Crippen LogP contribution in [0.25, 0.3) is 0 Å². The third-order valence-corrected chi connectivity index (χ3v) is 2.84. The summed E-state index contributed by atoms with van der Waals surface area (Å²) in [5.74, 6) is -0.209. The van der Waals surface area contributed by atoms with Crippen LogP contribution in [0.3, 0.4) is 0 Å². The number of aromatic hydroxyl groups is 1. The van der Waals surface area contributed by atoms with Crippen molar-refractivity contribution in [1.29, 1.82) is 0 Å². The molecule has 2 aromatic rings. The molecule has 0 fully saturated rings. The summed E-state index contributed by atoms with van der Waals surface area (Å²) < 4.78 is 14.8. The van der Waals surface area contributed by atoms with E-state index in [1.54, 1.807) is 16.7 Å². The summed E-state index contributed by atoms with van der Waals surface area (Å²) in [6.45, 7) is 1.89. The van der Waals surface area contributed by atoms with Gasteiger partial charge >= 0.3 is 0 Å². The lowest BCUT2D eigenvalue weighted by molar-refractivity contribution is 0.405. The van der Waals surface area contributed by atoms with Gasteiger partial charge in [0, 0.05) is 0 Å². The molecule has 1 aromatic heterocycles. The van der Waals surface area contributed by atoms with Crippen molar-refractivity contribution in [3.63, 3.8) is 0 Å². The Morgan fingerprint density at radius 2 is 2.00 bits per heavy atom.